The van der Waals surface area contributed by atoms with Gasteiger partial charge in [0.25, 0.3) is 0 Å². The molecule has 1 atom stereocenters. The minimum atomic E-state index is -0.377. The van der Waals surface area contributed by atoms with Crippen molar-refractivity contribution >= 4 is 0 Å². The number of hydrogen-bond acceptors (Lipinski definition) is 3. The van der Waals surface area contributed by atoms with E-state index in [1.807, 2.05) is 0 Å². The van der Waals surface area contributed by atoms with Crippen LogP contribution < -0.4 is 4.74 Å². The Morgan fingerprint density at radius 2 is 2.29 bits per heavy atom. The zero-order valence-corrected chi connectivity index (χ0v) is 10.3. The summed E-state index contributed by atoms with van der Waals surface area (Å²) in [5.74, 6) is 0.241. The van der Waals surface area contributed by atoms with E-state index in [9.17, 15) is 4.39 Å². The second kappa shape index (κ2) is 5.45. The van der Waals surface area contributed by atoms with E-state index in [1.165, 1.54) is 6.20 Å². The van der Waals surface area contributed by atoms with Gasteiger partial charge in [-0.25, -0.2) is 4.39 Å². The van der Waals surface area contributed by atoms with Gasteiger partial charge in [-0.2, -0.15) is 0 Å². The molecule has 17 heavy (non-hydrogen) atoms. The van der Waals surface area contributed by atoms with Gasteiger partial charge < -0.3 is 9.47 Å². The van der Waals surface area contributed by atoms with Crippen molar-refractivity contribution in [3.63, 3.8) is 0 Å². The van der Waals surface area contributed by atoms with E-state index in [2.05, 4.69) is 18.8 Å². The molecule has 1 aromatic rings. The Balaban J connectivity index is 2.20. The first-order chi connectivity index (χ1) is 8.22. The molecule has 0 aromatic carbocycles. The third-order valence-corrected chi connectivity index (χ3v) is 3.03. The third kappa shape index (κ3) is 2.75. The van der Waals surface area contributed by atoms with Crippen molar-refractivity contribution in [3.8, 4) is 5.75 Å². The number of hydrogen-bond donors (Lipinski definition) is 0. The molecule has 1 aromatic heterocycles. The molecule has 0 radical (unpaired) electrons. The highest BCUT2D eigenvalue weighted by Gasteiger charge is 2.24. The molecular formula is C13H18FNO2. The SMILES string of the molecule is CCCC(C)c1cncc(F)c1OC1COC1. The second-order valence-electron chi connectivity index (χ2n) is 4.51. The number of aromatic nitrogens is 1. The number of ether oxygens (including phenoxy) is 2. The lowest BCUT2D eigenvalue weighted by atomic mass is 9.97. The van der Waals surface area contributed by atoms with E-state index in [-0.39, 0.29) is 17.8 Å². The van der Waals surface area contributed by atoms with Crippen molar-refractivity contribution in [1.29, 1.82) is 0 Å². The summed E-state index contributed by atoms with van der Waals surface area (Å²) in [5.41, 5.74) is 0.860. The molecule has 0 spiro atoms. The van der Waals surface area contributed by atoms with Crippen LogP contribution in [-0.4, -0.2) is 24.3 Å². The molecule has 2 heterocycles. The standard InChI is InChI=1S/C13H18FNO2/c1-3-4-9(2)11-5-15-6-12(14)13(11)17-10-7-16-8-10/h5-6,9-10H,3-4,7-8H2,1-2H3. The van der Waals surface area contributed by atoms with E-state index in [0.717, 1.165) is 18.4 Å². The summed E-state index contributed by atoms with van der Waals surface area (Å²) >= 11 is 0. The molecule has 0 N–H and O–H groups in total. The summed E-state index contributed by atoms with van der Waals surface area (Å²) < 4.78 is 24.4. The maximum Gasteiger partial charge on any atom is 0.183 e. The van der Waals surface area contributed by atoms with Crippen LogP contribution in [0.5, 0.6) is 5.75 Å². The number of rotatable bonds is 5. The third-order valence-electron chi connectivity index (χ3n) is 3.03. The summed E-state index contributed by atoms with van der Waals surface area (Å²) in [4.78, 5) is 3.91. The minimum absolute atomic E-state index is 0.0144. The zero-order chi connectivity index (χ0) is 12.3. The van der Waals surface area contributed by atoms with Crippen LogP contribution in [0.25, 0.3) is 0 Å². The van der Waals surface area contributed by atoms with Crippen molar-refractivity contribution in [2.24, 2.45) is 0 Å². The highest BCUT2D eigenvalue weighted by atomic mass is 19.1. The van der Waals surface area contributed by atoms with E-state index in [4.69, 9.17) is 9.47 Å². The zero-order valence-electron chi connectivity index (χ0n) is 10.3. The molecule has 3 nitrogen and oxygen atoms in total. The summed E-state index contributed by atoms with van der Waals surface area (Å²) in [6.45, 7) is 5.28. The van der Waals surface area contributed by atoms with Crippen LogP contribution in [0.4, 0.5) is 4.39 Å². The monoisotopic (exact) mass is 239 g/mol. The normalized spacial score (nSPS) is 17.6. The Morgan fingerprint density at radius 1 is 1.53 bits per heavy atom. The topological polar surface area (TPSA) is 31.4 Å². The van der Waals surface area contributed by atoms with Crippen LogP contribution in [0.15, 0.2) is 12.4 Å². The molecule has 0 saturated carbocycles. The molecule has 4 heteroatoms. The van der Waals surface area contributed by atoms with Crippen molar-refractivity contribution < 1.29 is 13.9 Å². The minimum Gasteiger partial charge on any atom is -0.482 e. The molecule has 2 rings (SSSR count). The maximum absolute atomic E-state index is 13.7. The highest BCUT2D eigenvalue weighted by Crippen LogP contribution is 2.32. The summed E-state index contributed by atoms with van der Waals surface area (Å²) in [5, 5.41) is 0. The second-order valence-corrected chi connectivity index (χ2v) is 4.51. The number of nitrogens with zero attached hydrogens (tertiary/aromatic N) is 1. The Morgan fingerprint density at radius 3 is 2.88 bits per heavy atom. The van der Waals surface area contributed by atoms with Gasteiger partial charge in [-0.05, 0) is 12.3 Å². The molecule has 1 unspecified atom stereocenters. The van der Waals surface area contributed by atoms with E-state index < -0.39 is 0 Å². The Bertz CT molecular complexity index is 380. The Labute approximate surface area is 101 Å². The van der Waals surface area contributed by atoms with Crippen molar-refractivity contribution in [3.05, 3.63) is 23.8 Å². The highest BCUT2D eigenvalue weighted by molar-refractivity contribution is 5.34. The Hall–Kier alpha value is -1.16. The van der Waals surface area contributed by atoms with Gasteiger partial charge >= 0.3 is 0 Å². The predicted octanol–water partition coefficient (Wildman–Crippen LogP) is 2.90. The predicted molar refractivity (Wildman–Crippen MR) is 62.8 cm³/mol. The van der Waals surface area contributed by atoms with Crippen LogP contribution >= 0.6 is 0 Å². The average Bonchev–Trinajstić information content (AvgIpc) is 2.25. The van der Waals surface area contributed by atoms with Gasteiger partial charge in [0.15, 0.2) is 11.6 Å². The van der Waals surface area contributed by atoms with Gasteiger partial charge in [-0.15, -0.1) is 0 Å². The average molecular weight is 239 g/mol. The van der Waals surface area contributed by atoms with E-state index >= 15 is 0 Å². The van der Waals surface area contributed by atoms with Crippen LogP contribution in [-0.2, 0) is 4.74 Å². The largest absolute Gasteiger partial charge is 0.482 e. The lowest BCUT2D eigenvalue weighted by molar-refractivity contribution is -0.0813. The summed E-state index contributed by atoms with van der Waals surface area (Å²) in [6.07, 6.45) is 4.96. The summed E-state index contributed by atoms with van der Waals surface area (Å²) in [7, 11) is 0. The lowest BCUT2D eigenvalue weighted by Gasteiger charge is -2.28. The van der Waals surface area contributed by atoms with Crippen LogP contribution in [0.2, 0.25) is 0 Å². The van der Waals surface area contributed by atoms with Crippen molar-refractivity contribution in [1.82, 2.24) is 4.98 Å². The first-order valence-electron chi connectivity index (χ1n) is 6.10. The van der Waals surface area contributed by atoms with Crippen LogP contribution in [0, 0.1) is 5.82 Å². The van der Waals surface area contributed by atoms with Gasteiger partial charge in [0.1, 0.15) is 6.10 Å². The molecule has 0 bridgehead atoms. The van der Waals surface area contributed by atoms with Crippen molar-refractivity contribution in [2.75, 3.05) is 13.2 Å². The van der Waals surface area contributed by atoms with E-state index in [0.29, 0.717) is 19.0 Å². The van der Waals surface area contributed by atoms with Gasteiger partial charge in [-0.1, -0.05) is 20.3 Å². The van der Waals surface area contributed by atoms with Crippen LogP contribution in [0.1, 0.15) is 38.2 Å². The number of halogens is 1. The van der Waals surface area contributed by atoms with Crippen LogP contribution in [0.3, 0.4) is 0 Å². The lowest BCUT2D eigenvalue weighted by Crippen LogP contribution is -2.39. The fraction of sp³-hybridized carbons (Fsp3) is 0.615. The number of pyridine rings is 1. The molecule has 0 aliphatic carbocycles. The molecule has 0 amide bonds. The molecule has 94 valence electrons. The molecule has 1 fully saturated rings. The van der Waals surface area contributed by atoms with Crippen molar-refractivity contribution in [2.45, 2.75) is 38.7 Å². The van der Waals surface area contributed by atoms with Gasteiger partial charge in [-0.3, -0.25) is 4.98 Å². The maximum atomic E-state index is 13.7. The molecule has 1 aliphatic heterocycles. The fourth-order valence-electron chi connectivity index (χ4n) is 1.95. The first kappa shape index (κ1) is 12.3. The van der Waals surface area contributed by atoms with Gasteiger partial charge in [0.2, 0.25) is 0 Å². The summed E-state index contributed by atoms with van der Waals surface area (Å²) in [6, 6.07) is 0. The van der Waals surface area contributed by atoms with Gasteiger partial charge in [0.05, 0.1) is 19.4 Å². The quantitative estimate of drug-likeness (QED) is 0.791. The fourth-order valence-corrected chi connectivity index (χ4v) is 1.95. The molecule has 1 saturated heterocycles. The first-order valence-corrected chi connectivity index (χ1v) is 6.10. The molecule has 1 aliphatic rings. The Kier molecular flexibility index (Phi) is 3.94. The smallest absolute Gasteiger partial charge is 0.183 e. The van der Waals surface area contributed by atoms with E-state index in [1.54, 1.807) is 6.20 Å². The molecular weight excluding hydrogens is 221 g/mol. The van der Waals surface area contributed by atoms with Gasteiger partial charge in [0, 0.05) is 11.8 Å².